The van der Waals surface area contributed by atoms with Crippen LogP contribution >= 0.6 is 0 Å². The van der Waals surface area contributed by atoms with Crippen molar-refractivity contribution in [3.05, 3.63) is 65.2 Å². The maximum absolute atomic E-state index is 13.1. The summed E-state index contributed by atoms with van der Waals surface area (Å²) in [5.41, 5.74) is 5.28. The summed E-state index contributed by atoms with van der Waals surface area (Å²) in [7, 11) is 0. The van der Waals surface area contributed by atoms with Crippen LogP contribution in [0.3, 0.4) is 0 Å². The van der Waals surface area contributed by atoms with Gasteiger partial charge in [0.25, 0.3) is 0 Å². The Morgan fingerprint density at radius 1 is 1.35 bits per heavy atom. The highest BCUT2D eigenvalue weighted by Gasteiger charge is 2.28. The summed E-state index contributed by atoms with van der Waals surface area (Å²) in [6.07, 6.45) is 5.68. The molecule has 0 saturated carbocycles. The van der Waals surface area contributed by atoms with E-state index in [1.807, 2.05) is 29.3 Å². The Morgan fingerprint density at radius 3 is 3.00 bits per heavy atom. The summed E-state index contributed by atoms with van der Waals surface area (Å²) in [6.45, 7) is 6.42. The van der Waals surface area contributed by atoms with Crippen molar-refractivity contribution in [2.45, 2.75) is 26.3 Å². The molecule has 0 bridgehead atoms. The molecule has 1 unspecified atom stereocenters. The van der Waals surface area contributed by atoms with Crippen molar-refractivity contribution in [3.8, 4) is 0 Å². The zero-order valence-electron chi connectivity index (χ0n) is 15.2. The van der Waals surface area contributed by atoms with Crippen molar-refractivity contribution in [1.82, 2.24) is 15.2 Å². The topological polar surface area (TPSA) is 58.4 Å². The minimum Gasteiger partial charge on any atom is -0.464 e. The van der Waals surface area contributed by atoms with Gasteiger partial charge in [-0.1, -0.05) is 6.07 Å². The van der Waals surface area contributed by atoms with Crippen molar-refractivity contribution in [2.24, 2.45) is 0 Å². The highest BCUT2D eigenvalue weighted by atomic mass is 16.3. The largest absolute Gasteiger partial charge is 0.464 e. The van der Waals surface area contributed by atoms with Crippen LogP contribution in [0.15, 0.2) is 47.3 Å². The van der Waals surface area contributed by atoms with E-state index in [1.54, 1.807) is 12.5 Å². The third-order valence-corrected chi connectivity index (χ3v) is 5.24. The van der Waals surface area contributed by atoms with E-state index in [0.29, 0.717) is 13.0 Å². The van der Waals surface area contributed by atoms with Crippen molar-refractivity contribution < 1.29 is 9.21 Å². The fourth-order valence-corrected chi connectivity index (χ4v) is 3.61. The van der Waals surface area contributed by atoms with Gasteiger partial charge in [0.15, 0.2) is 0 Å². The number of nitrogens with one attached hydrogen (secondary N) is 1. The first kappa shape index (κ1) is 16.8. The van der Waals surface area contributed by atoms with Gasteiger partial charge in [-0.15, -0.1) is 0 Å². The lowest BCUT2D eigenvalue weighted by atomic mass is 10.0. The molecule has 3 aromatic rings. The van der Waals surface area contributed by atoms with Crippen molar-refractivity contribution in [1.29, 1.82) is 0 Å². The molecule has 0 aliphatic carbocycles. The molecule has 2 aromatic heterocycles. The van der Waals surface area contributed by atoms with Gasteiger partial charge in [0, 0.05) is 43.0 Å². The van der Waals surface area contributed by atoms with E-state index >= 15 is 0 Å². The first-order valence-corrected chi connectivity index (χ1v) is 9.01. The number of carbonyl (C=O) groups is 1. The predicted molar refractivity (Wildman–Crippen MR) is 101 cm³/mol. The Hall–Kier alpha value is -2.66. The van der Waals surface area contributed by atoms with E-state index in [1.165, 1.54) is 11.1 Å². The molecule has 3 heterocycles. The van der Waals surface area contributed by atoms with E-state index < -0.39 is 0 Å². The quantitative estimate of drug-likeness (QED) is 0.789. The molecule has 26 heavy (non-hydrogen) atoms. The summed E-state index contributed by atoms with van der Waals surface area (Å²) >= 11 is 0. The van der Waals surface area contributed by atoms with Gasteiger partial charge in [0.05, 0.1) is 18.7 Å². The lowest BCUT2D eigenvalue weighted by Gasteiger charge is -2.36. The predicted octanol–water partition coefficient (Wildman–Crippen LogP) is 3.16. The van der Waals surface area contributed by atoms with Crippen LogP contribution in [-0.4, -0.2) is 35.4 Å². The highest BCUT2D eigenvalue weighted by molar-refractivity contribution is 5.88. The number of fused-ring (bicyclic) bond motifs is 1. The molecule has 0 spiro atoms. The van der Waals surface area contributed by atoms with Gasteiger partial charge in [-0.05, 0) is 48.7 Å². The van der Waals surface area contributed by atoms with Gasteiger partial charge in [-0.3, -0.25) is 9.78 Å². The molecular weight excluding hydrogens is 326 g/mol. The average molecular weight is 349 g/mol. The van der Waals surface area contributed by atoms with Gasteiger partial charge in [-0.2, -0.15) is 0 Å². The maximum atomic E-state index is 13.1. The molecule has 0 radical (unpaired) electrons. The lowest BCUT2D eigenvalue weighted by Crippen LogP contribution is -2.49. The zero-order valence-corrected chi connectivity index (χ0v) is 15.2. The number of carbonyl (C=O) groups excluding carboxylic acids is 1. The fourth-order valence-electron chi connectivity index (χ4n) is 3.61. The standard InChI is InChI=1S/C21H23N3O2/c1-14-8-18-17(13-26-20(18)9-15(14)2)10-21(25)24-7-6-23-12-19(24)16-4-3-5-22-11-16/h3-5,8-9,11,13,19,23H,6-7,10,12H2,1-2H3. The van der Waals surface area contributed by atoms with Gasteiger partial charge in [0.1, 0.15) is 5.58 Å². The second-order valence-corrected chi connectivity index (χ2v) is 6.96. The summed E-state index contributed by atoms with van der Waals surface area (Å²) in [4.78, 5) is 19.3. The first-order valence-electron chi connectivity index (χ1n) is 9.01. The molecule has 1 aliphatic heterocycles. The number of furan rings is 1. The molecule has 1 atom stereocenters. The Morgan fingerprint density at radius 2 is 2.19 bits per heavy atom. The molecule has 134 valence electrons. The molecule has 1 fully saturated rings. The monoisotopic (exact) mass is 349 g/mol. The molecule has 1 aliphatic rings. The summed E-state index contributed by atoms with van der Waals surface area (Å²) < 4.78 is 5.69. The Bertz CT molecular complexity index is 933. The molecular formula is C21H23N3O2. The highest BCUT2D eigenvalue weighted by Crippen LogP contribution is 2.27. The van der Waals surface area contributed by atoms with Gasteiger partial charge in [-0.25, -0.2) is 0 Å². The van der Waals surface area contributed by atoms with Crippen LogP contribution in [-0.2, 0) is 11.2 Å². The Balaban J connectivity index is 1.60. The number of aryl methyl sites for hydroxylation is 2. The van der Waals surface area contributed by atoms with E-state index in [9.17, 15) is 4.79 Å². The van der Waals surface area contributed by atoms with Gasteiger partial charge < -0.3 is 14.6 Å². The minimum atomic E-state index is 0.0205. The third-order valence-electron chi connectivity index (χ3n) is 5.24. The third kappa shape index (κ3) is 3.10. The lowest BCUT2D eigenvalue weighted by molar-refractivity contribution is -0.133. The molecule has 4 rings (SSSR count). The molecule has 5 nitrogen and oxygen atoms in total. The zero-order chi connectivity index (χ0) is 18.1. The van der Waals surface area contributed by atoms with Crippen LogP contribution in [0.25, 0.3) is 11.0 Å². The first-order chi connectivity index (χ1) is 12.6. The van der Waals surface area contributed by atoms with E-state index in [4.69, 9.17) is 4.42 Å². The van der Waals surface area contributed by atoms with Crippen molar-refractivity contribution in [2.75, 3.05) is 19.6 Å². The van der Waals surface area contributed by atoms with E-state index in [-0.39, 0.29) is 11.9 Å². The van der Waals surface area contributed by atoms with E-state index in [0.717, 1.165) is 35.2 Å². The van der Waals surface area contributed by atoms with E-state index in [2.05, 4.69) is 30.2 Å². The number of amides is 1. The maximum Gasteiger partial charge on any atom is 0.227 e. The minimum absolute atomic E-state index is 0.0205. The molecule has 1 amide bonds. The number of hydrogen-bond acceptors (Lipinski definition) is 4. The van der Waals surface area contributed by atoms with Crippen LogP contribution < -0.4 is 5.32 Å². The summed E-state index contributed by atoms with van der Waals surface area (Å²) in [5.74, 6) is 0.126. The number of piperazine rings is 1. The van der Waals surface area contributed by atoms with Gasteiger partial charge in [0.2, 0.25) is 5.91 Å². The van der Waals surface area contributed by atoms with Crippen molar-refractivity contribution >= 4 is 16.9 Å². The van der Waals surface area contributed by atoms with Crippen LogP contribution in [0.4, 0.5) is 0 Å². The number of aromatic nitrogens is 1. The fraction of sp³-hybridized carbons (Fsp3) is 0.333. The average Bonchev–Trinajstić information content (AvgIpc) is 3.04. The number of nitrogens with zero attached hydrogens (tertiary/aromatic N) is 2. The van der Waals surface area contributed by atoms with Crippen LogP contribution in [0.2, 0.25) is 0 Å². The number of hydrogen-bond donors (Lipinski definition) is 1. The summed E-state index contributed by atoms with van der Waals surface area (Å²) in [5, 5.41) is 4.42. The SMILES string of the molecule is Cc1cc2occ(CC(=O)N3CCNCC3c3cccnc3)c2cc1C. The number of benzene rings is 1. The Kier molecular flexibility index (Phi) is 4.47. The molecule has 1 N–H and O–H groups in total. The second-order valence-electron chi connectivity index (χ2n) is 6.96. The smallest absolute Gasteiger partial charge is 0.227 e. The molecule has 1 aromatic carbocycles. The second kappa shape index (κ2) is 6.92. The number of pyridine rings is 1. The van der Waals surface area contributed by atoms with Crippen molar-refractivity contribution in [3.63, 3.8) is 0 Å². The van der Waals surface area contributed by atoms with Crippen LogP contribution in [0.5, 0.6) is 0 Å². The Labute approximate surface area is 153 Å². The molecule has 5 heteroatoms. The van der Waals surface area contributed by atoms with Crippen LogP contribution in [0.1, 0.15) is 28.3 Å². The number of rotatable bonds is 3. The molecule has 1 saturated heterocycles. The normalized spacial score (nSPS) is 17.6. The van der Waals surface area contributed by atoms with Gasteiger partial charge >= 0.3 is 0 Å². The van der Waals surface area contributed by atoms with Crippen LogP contribution in [0, 0.1) is 13.8 Å². The summed E-state index contributed by atoms with van der Waals surface area (Å²) in [6, 6.07) is 8.13.